The summed E-state index contributed by atoms with van der Waals surface area (Å²) in [4.78, 5) is 19.0. The average Bonchev–Trinajstić information content (AvgIpc) is 3.06. The molecule has 23 heavy (non-hydrogen) atoms. The second-order valence-electron chi connectivity index (χ2n) is 6.96. The summed E-state index contributed by atoms with van der Waals surface area (Å²) < 4.78 is 0. The van der Waals surface area contributed by atoms with E-state index >= 15 is 0 Å². The number of guanidine groups is 1. The third-order valence-corrected chi connectivity index (χ3v) is 5.09. The van der Waals surface area contributed by atoms with Crippen LogP contribution < -0.4 is 10.6 Å². The van der Waals surface area contributed by atoms with E-state index in [1.165, 1.54) is 38.5 Å². The van der Waals surface area contributed by atoms with Crippen molar-refractivity contribution in [1.82, 2.24) is 15.5 Å². The highest BCUT2D eigenvalue weighted by Gasteiger charge is 2.31. The SMILES string of the molecule is CCCCCNC(=NC)NC1CCN(C(=O)C2CCCCC2)C1. The minimum Gasteiger partial charge on any atom is -0.356 e. The summed E-state index contributed by atoms with van der Waals surface area (Å²) >= 11 is 0. The molecule has 1 saturated carbocycles. The van der Waals surface area contributed by atoms with Gasteiger partial charge in [0.25, 0.3) is 0 Å². The zero-order chi connectivity index (χ0) is 16.5. The van der Waals surface area contributed by atoms with E-state index in [0.29, 0.717) is 11.9 Å². The maximum atomic E-state index is 12.6. The Morgan fingerprint density at radius 3 is 2.65 bits per heavy atom. The minimum atomic E-state index is 0.286. The van der Waals surface area contributed by atoms with Crippen LogP contribution in [0.2, 0.25) is 0 Å². The quantitative estimate of drug-likeness (QED) is 0.449. The number of likely N-dealkylation sites (tertiary alicyclic amines) is 1. The van der Waals surface area contributed by atoms with Crippen molar-refractivity contribution in [3.05, 3.63) is 0 Å². The highest BCUT2D eigenvalue weighted by Crippen LogP contribution is 2.26. The van der Waals surface area contributed by atoms with E-state index < -0.39 is 0 Å². The molecule has 1 saturated heterocycles. The van der Waals surface area contributed by atoms with Crippen molar-refractivity contribution in [2.45, 2.75) is 70.8 Å². The Morgan fingerprint density at radius 2 is 1.96 bits per heavy atom. The molecule has 5 heteroatoms. The van der Waals surface area contributed by atoms with E-state index in [9.17, 15) is 4.79 Å². The van der Waals surface area contributed by atoms with Crippen LogP contribution in [0.5, 0.6) is 0 Å². The van der Waals surface area contributed by atoms with Crippen LogP contribution in [0, 0.1) is 5.92 Å². The van der Waals surface area contributed by atoms with Gasteiger partial charge in [-0.05, 0) is 25.7 Å². The first-order valence-electron chi connectivity index (χ1n) is 9.50. The monoisotopic (exact) mass is 322 g/mol. The van der Waals surface area contributed by atoms with Gasteiger partial charge in [0.05, 0.1) is 0 Å². The maximum absolute atomic E-state index is 12.6. The summed E-state index contributed by atoms with van der Waals surface area (Å²) in [5.41, 5.74) is 0. The number of hydrogen-bond donors (Lipinski definition) is 2. The molecule has 1 heterocycles. The normalized spacial score (nSPS) is 23.1. The summed E-state index contributed by atoms with van der Waals surface area (Å²) in [7, 11) is 1.81. The van der Waals surface area contributed by atoms with Gasteiger partial charge < -0.3 is 15.5 Å². The molecule has 5 nitrogen and oxygen atoms in total. The molecule has 1 aliphatic carbocycles. The summed E-state index contributed by atoms with van der Waals surface area (Å²) in [6.07, 6.45) is 10.6. The third-order valence-electron chi connectivity index (χ3n) is 5.09. The summed E-state index contributed by atoms with van der Waals surface area (Å²) in [6.45, 7) is 4.89. The van der Waals surface area contributed by atoms with Gasteiger partial charge in [-0.3, -0.25) is 9.79 Å². The number of amides is 1. The number of nitrogens with one attached hydrogen (secondary N) is 2. The van der Waals surface area contributed by atoms with E-state index in [1.54, 1.807) is 0 Å². The van der Waals surface area contributed by atoms with Crippen molar-refractivity contribution in [1.29, 1.82) is 0 Å². The summed E-state index contributed by atoms with van der Waals surface area (Å²) in [6, 6.07) is 0.333. The van der Waals surface area contributed by atoms with Crippen molar-refractivity contribution in [3.8, 4) is 0 Å². The predicted octanol–water partition coefficient (Wildman–Crippen LogP) is 2.52. The summed E-state index contributed by atoms with van der Waals surface area (Å²) in [5.74, 6) is 1.55. The number of hydrogen-bond acceptors (Lipinski definition) is 2. The van der Waals surface area contributed by atoms with Crippen molar-refractivity contribution in [2.24, 2.45) is 10.9 Å². The second-order valence-corrected chi connectivity index (χ2v) is 6.96. The molecule has 0 aromatic carbocycles. The van der Waals surface area contributed by atoms with E-state index in [0.717, 1.165) is 44.9 Å². The van der Waals surface area contributed by atoms with Crippen molar-refractivity contribution >= 4 is 11.9 Å². The van der Waals surface area contributed by atoms with E-state index in [1.807, 2.05) is 7.05 Å². The van der Waals surface area contributed by atoms with Crippen LogP contribution in [-0.4, -0.2) is 49.5 Å². The van der Waals surface area contributed by atoms with Crippen LogP contribution in [0.25, 0.3) is 0 Å². The highest BCUT2D eigenvalue weighted by atomic mass is 16.2. The molecule has 0 radical (unpaired) electrons. The Hall–Kier alpha value is -1.26. The number of nitrogens with zero attached hydrogens (tertiary/aromatic N) is 2. The molecule has 2 aliphatic rings. The Labute approximate surface area is 141 Å². The molecule has 0 aromatic heterocycles. The molecule has 0 aromatic rings. The molecule has 0 bridgehead atoms. The first-order valence-corrected chi connectivity index (χ1v) is 9.50. The first kappa shape index (κ1) is 18.1. The van der Waals surface area contributed by atoms with Gasteiger partial charge in [0.2, 0.25) is 5.91 Å². The van der Waals surface area contributed by atoms with Gasteiger partial charge in [0, 0.05) is 38.6 Å². The van der Waals surface area contributed by atoms with Crippen LogP contribution in [0.1, 0.15) is 64.7 Å². The van der Waals surface area contributed by atoms with Gasteiger partial charge in [0.1, 0.15) is 0 Å². The number of aliphatic imine (C=N–C) groups is 1. The van der Waals surface area contributed by atoms with Crippen molar-refractivity contribution in [2.75, 3.05) is 26.7 Å². The molecule has 0 spiro atoms. The van der Waals surface area contributed by atoms with Crippen molar-refractivity contribution in [3.63, 3.8) is 0 Å². The van der Waals surface area contributed by atoms with Gasteiger partial charge in [0.15, 0.2) is 5.96 Å². The number of carbonyl (C=O) groups excluding carboxylic acids is 1. The lowest BCUT2D eigenvalue weighted by atomic mass is 9.88. The average molecular weight is 322 g/mol. The van der Waals surface area contributed by atoms with Crippen LogP contribution in [0.3, 0.4) is 0 Å². The zero-order valence-electron chi connectivity index (χ0n) is 14.9. The zero-order valence-corrected chi connectivity index (χ0v) is 14.9. The fourth-order valence-electron chi connectivity index (χ4n) is 3.66. The molecule has 2 fully saturated rings. The molecule has 1 atom stereocenters. The van der Waals surface area contributed by atoms with Gasteiger partial charge in [-0.15, -0.1) is 0 Å². The molecule has 1 amide bonds. The molecule has 132 valence electrons. The van der Waals surface area contributed by atoms with Gasteiger partial charge in [-0.1, -0.05) is 39.0 Å². The molecular weight excluding hydrogens is 288 g/mol. The molecular formula is C18H34N4O. The first-order chi connectivity index (χ1) is 11.2. The molecule has 1 unspecified atom stereocenters. The maximum Gasteiger partial charge on any atom is 0.225 e. The molecule has 2 rings (SSSR count). The third kappa shape index (κ3) is 5.70. The lowest BCUT2D eigenvalue weighted by Gasteiger charge is -2.26. The Morgan fingerprint density at radius 1 is 1.17 bits per heavy atom. The van der Waals surface area contributed by atoms with E-state index in [4.69, 9.17) is 0 Å². The van der Waals surface area contributed by atoms with Gasteiger partial charge in [-0.2, -0.15) is 0 Å². The van der Waals surface area contributed by atoms with Gasteiger partial charge in [-0.25, -0.2) is 0 Å². The standard InChI is InChI=1S/C18H34N4O/c1-3-4-8-12-20-18(19-2)21-16-11-13-22(14-16)17(23)15-9-6-5-7-10-15/h15-16H,3-14H2,1-2H3,(H2,19,20,21). The molecule has 2 N–H and O–H groups in total. The number of carbonyl (C=O) groups is 1. The second kappa shape index (κ2) is 9.78. The number of rotatable bonds is 6. The van der Waals surface area contributed by atoms with Crippen molar-refractivity contribution < 1.29 is 4.79 Å². The molecule has 1 aliphatic heterocycles. The smallest absolute Gasteiger partial charge is 0.225 e. The van der Waals surface area contributed by atoms with Crippen LogP contribution in [0.15, 0.2) is 4.99 Å². The fourth-order valence-corrected chi connectivity index (χ4v) is 3.66. The topological polar surface area (TPSA) is 56.7 Å². The fraction of sp³-hybridized carbons (Fsp3) is 0.889. The largest absolute Gasteiger partial charge is 0.356 e. The minimum absolute atomic E-state index is 0.286. The Kier molecular flexibility index (Phi) is 7.69. The van der Waals surface area contributed by atoms with Crippen LogP contribution in [-0.2, 0) is 4.79 Å². The van der Waals surface area contributed by atoms with E-state index in [-0.39, 0.29) is 5.92 Å². The highest BCUT2D eigenvalue weighted by molar-refractivity contribution is 5.81. The number of unbranched alkanes of at least 4 members (excludes halogenated alkanes) is 2. The Balaban J connectivity index is 1.72. The lowest BCUT2D eigenvalue weighted by molar-refractivity contribution is -0.135. The predicted molar refractivity (Wildman–Crippen MR) is 95.6 cm³/mol. The van der Waals surface area contributed by atoms with E-state index in [2.05, 4.69) is 27.4 Å². The summed E-state index contributed by atoms with van der Waals surface area (Å²) in [5, 5.41) is 6.85. The van der Waals surface area contributed by atoms with Gasteiger partial charge >= 0.3 is 0 Å². The van der Waals surface area contributed by atoms with Crippen LogP contribution in [0.4, 0.5) is 0 Å². The lowest BCUT2D eigenvalue weighted by Crippen LogP contribution is -2.45. The van der Waals surface area contributed by atoms with Crippen LogP contribution >= 0.6 is 0 Å². The Bertz CT molecular complexity index is 390.